The minimum atomic E-state index is -3.44. The van der Waals surface area contributed by atoms with E-state index < -0.39 is 14.8 Å². The summed E-state index contributed by atoms with van der Waals surface area (Å²) in [5.41, 5.74) is 1.85. The van der Waals surface area contributed by atoms with Crippen LogP contribution in [0.25, 0.3) is 0 Å². The molecule has 6 heteroatoms. The fraction of sp³-hybridized carbons (Fsp3) is 0.588. The van der Waals surface area contributed by atoms with Gasteiger partial charge in [-0.05, 0) is 43.7 Å². The first-order valence-corrected chi connectivity index (χ1v) is 9.62. The van der Waals surface area contributed by atoms with E-state index in [2.05, 4.69) is 10.0 Å². The number of amides is 1. The Morgan fingerprint density at radius 3 is 2.48 bits per heavy atom. The Morgan fingerprint density at radius 1 is 1.26 bits per heavy atom. The van der Waals surface area contributed by atoms with Gasteiger partial charge >= 0.3 is 0 Å². The number of hydrogen-bond acceptors (Lipinski definition) is 3. The van der Waals surface area contributed by atoms with Crippen molar-refractivity contribution in [2.75, 3.05) is 13.1 Å². The lowest BCUT2D eigenvalue weighted by Crippen LogP contribution is -2.40. The van der Waals surface area contributed by atoms with Crippen LogP contribution >= 0.6 is 0 Å². The van der Waals surface area contributed by atoms with E-state index in [1.165, 1.54) is 0 Å². The van der Waals surface area contributed by atoms with Gasteiger partial charge in [0.05, 0.1) is 0 Å². The van der Waals surface area contributed by atoms with Gasteiger partial charge in [-0.3, -0.25) is 4.79 Å². The molecule has 1 atom stereocenters. The van der Waals surface area contributed by atoms with Crippen molar-refractivity contribution in [1.82, 2.24) is 10.0 Å². The van der Waals surface area contributed by atoms with Crippen LogP contribution < -0.4 is 10.0 Å². The molecule has 0 saturated carbocycles. The summed E-state index contributed by atoms with van der Waals surface area (Å²) in [4.78, 5) is 11.5. The van der Waals surface area contributed by atoms with Gasteiger partial charge in [-0.2, -0.15) is 0 Å². The molecule has 1 aliphatic heterocycles. The van der Waals surface area contributed by atoms with E-state index >= 15 is 0 Å². The van der Waals surface area contributed by atoms with Crippen LogP contribution in [0.1, 0.15) is 57.1 Å². The summed E-state index contributed by atoms with van der Waals surface area (Å²) in [6, 6.07) is 7.64. The maximum atomic E-state index is 12.5. The highest BCUT2D eigenvalue weighted by molar-refractivity contribution is 7.90. The smallest absolute Gasteiger partial charge is 0.221 e. The van der Waals surface area contributed by atoms with Crippen molar-refractivity contribution < 1.29 is 13.2 Å². The second-order valence-corrected chi connectivity index (χ2v) is 8.89. The Kier molecular flexibility index (Phi) is 5.47. The normalized spacial score (nSPS) is 19.4. The number of piperidine rings is 1. The summed E-state index contributed by atoms with van der Waals surface area (Å²) in [5.74, 6) is 0.299. The van der Waals surface area contributed by atoms with E-state index in [0.717, 1.165) is 24.0 Å². The molecule has 5 nitrogen and oxygen atoms in total. The third-order valence-electron chi connectivity index (χ3n) is 4.54. The van der Waals surface area contributed by atoms with Gasteiger partial charge in [0.2, 0.25) is 15.9 Å². The van der Waals surface area contributed by atoms with Gasteiger partial charge in [0.15, 0.2) is 0 Å². The van der Waals surface area contributed by atoms with Crippen LogP contribution in [-0.2, 0) is 19.6 Å². The summed E-state index contributed by atoms with van der Waals surface area (Å²) >= 11 is 0. The number of benzene rings is 1. The zero-order chi connectivity index (χ0) is 17.1. The van der Waals surface area contributed by atoms with Crippen molar-refractivity contribution >= 4 is 15.9 Å². The van der Waals surface area contributed by atoms with Crippen LogP contribution in [0.4, 0.5) is 0 Å². The van der Waals surface area contributed by atoms with Crippen LogP contribution in [0.3, 0.4) is 0 Å². The largest absolute Gasteiger partial charge is 0.356 e. The molecular formula is C17H26N2O3S. The molecule has 1 fully saturated rings. The average molecular weight is 338 g/mol. The SMILES string of the molecule is CCCNS(=O)(=O)C(C)(C)c1ccc(C2CCNC(=O)C2)cc1. The molecule has 0 aromatic heterocycles. The van der Waals surface area contributed by atoms with Crippen molar-refractivity contribution in [3.05, 3.63) is 35.4 Å². The Hall–Kier alpha value is -1.40. The van der Waals surface area contributed by atoms with Gasteiger partial charge in [-0.15, -0.1) is 0 Å². The predicted octanol–water partition coefficient (Wildman–Crippen LogP) is 2.24. The monoisotopic (exact) mass is 338 g/mol. The lowest BCUT2D eigenvalue weighted by molar-refractivity contribution is -0.122. The number of sulfonamides is 1. The topological polar surface area (TPSA) is 75.3 Å². The van der Waals surface area contributed by atoms with Crippen LogP contribution in [0.2, 0.25) is 0 Å². The van der Waals surface area contributed by atoms with Gasteiger partial charge in [-0.1, -0.05) is 31.2 Å². The van der Waals surface area contributed by atoms with Gasteiger partial charge < -0.3 is 5.32 Å². The average Bonchev–Trinajstić information content (AvgIpc) is 2.53. The number of hydrogen-bond donors (Lipinski definition) is 2. The number of carbonyl (C=O) groups is 1. The molecule has 1 unspecified atom stereocenters. The fourth-order valence-electron chi connectivity index (χ4n) is 2.80. The highest BCUT2D eigenvalue weighted by Crippen LogP contribution is 2.32. The summed E-state index contributed by atoms with van der Waals surface area (Å²) in [6.07, 6.45) is 2.18. The molecule has 1 aromatic rings. The standard InChI is InChI=1S/C17H26N2O3S/c1-4-10-19-23(21,22)17(2,3)15-7-5-13(6-8-15)14-9-11-18-16(20)12-14/h5-8,14,19H,4,9-12H2,1-3H3,(H,18,20). The summed E-state index contributed by atoms with van der Waals surface area (Å²) < 4.78 is 26.6. The lowest BCUT2D eigenvalue weighted by atomic mass is 9.88. The van der Waals surface area contributed by atoms with E-state index in [0.29, 0.717) is 19.5 Å². The maximum Gasteiger partial charge on any atom is 0.221 e. The molecule has 23 heavy (non-hydrogen) atoms. The maximum absolute atomic E-state index is 12.5. The van der Waals surface area contributed by atoms with Crippen molar-refractivity contribution in [1.29, 1.82) is 0 Å². The molecule has 1 amide bonds. The Balaban J connectivity index is 2.19. The minimum Gasteiger partial charge on any atom is -0.356 e. The third kappa shape index (κ3) is 3.93. The van der Waals surface area contributed by atoms with Gasteiger partial charge in [-0.25, -0.2) is 13.1 Å². The molecule has 0 spiro atoms. The summed E-state index contributed by atoms with van der Waals surface area (Å²) in [7, 11) is -3.44. The second kappa shape index (κ2) is 7.01. The highest BCUT2D eigenvalue weighted by Gasteiger charge is 2.35. The third-order valence-corrected chi connectivity index (χ3v) is 6.70. The van der Waals surface area contributed by atoms with Crippen LogP contribution in [0.15, 0.2) is 24.3 Å². The second-order valence-electron chi connectivity index (χ2n) is 6.57. The van der Waals surface area contributed by atoms with Crippen LogP contribution in [0.5, 0.6) is 0 Å². The predicted molar refractivity (Wildman–Crippen MR) is 91.7 cm³/mol. The molecule has 0 bridgehead atoms. The Labute approximate surface area is 138 Å². The lowest BCUT2D eigenvalue weighted by Gasteiger charge is -2.27. The van der Waals surface area contributed by atoms with E-state index in [1.54, 1.807) is 13.8 Å². The molecule has 2 N–H and O–H groups in total. The Bertz CT molecular complexity index is 651. The summed E-state index contributed by atoms with van der Waals surface area (Å²) in [5, 5.41) is 2.83. The van der Waals surface area contributed by atoms with Gasteiger partial charge in [0.1, 0.15) is 4.75 Å². The first-order valence-electron chi connectivity index (χ1n) is 8.14. The molecule has 2 rings (SSSR count). The fourth-order valence-corrected chi connectivity index (χ4v) is 4.08. The van der Waals surface area contributed by atoms with Crippen molar-refractivity contribution in [2.45, 2.75) is 50.7 Å². The molecule has 128 valence electrons. The molecule has 0 aliphatic carbocycles. The number of carbonyl (C=O) groups excluding carboxylic acids is 1. The Morgan fingerprint density at radius 2 is 1.91 bits per heavy atom. The molecule has 0 radical (unpaired) electrons. The quantitative estimate of drug-likeness (QED) is 0.835. The van der Waals surface area contributed by atoms with E-state index in [1.807, 2.05) is 31.2 Å². The molecule has 1 aromatic carbocycles. The van der Waals surface area contributed by atoms with Gasteiger partial charge in [0, 0.05) is 19.5 Å². The van der Waals surface area contributed by atoms with Crippen LogP contribution in [-0.4, -0.2) is 27.4 Å². The first kappa shape index (κ1) is 17.9. The molecular weight excluding hydrogens is 312 g/mol. The zero-order valence-electron chi connectivity index (χ0n) is 14.1. The van der Waals surface area contributed by atoms with Crippen molar-refractivity contribution in [3.8, 4) is 0 Å². The summed E-state index contributed by atoms with van der Waals surface area (Å²) in [6.45, 7) is 6.51. The highest BCUT2D eigenvalue weighted by atomic mass is 32.2. The van der Waals surface area contributed by atoms with Gasteiger partial charge in [0.25, 0.3) is 0 Å². The van der Waals surface area contributed by atoms with Crippen molar-refractivity contribution in [2.24, 2.45) is 0 Å². The van der Waals surface area contributed by atoms with Crippen LogP contribution in [0, 0.1) is 0 Å². The number of rotatable bonds is 6. The van der Waals surface area contributed by atoms with E-state index in [-0.39, 0.29) is 11.8 Å². The zero-order valence-corrected chi connectivity index (χ0v) is 14.9. The molecule has 1 aliphatic rings. The van der Waals surface area contributed by atoms with E-state index in [4.69, 9.17) is 0 Å². The van der Waals surface area contributed by atoms with E-state index in [9.17, 15) is 13.2 Å². The van der Waals surface area contributed by atoms with Crippen molar-refractivity contribution in [3.63, 3.8) is 0 Å². The molecule has 1 heterocycles. The molecule has 1 saturated heterocycles. The first-order chi connectivity index (χ1) is 10.8. The minimum absolute atomic E-state index is 0.0806. The number of nitrogens with one attached hydrogen (secondary N) is 2.